The lowest BCUT2D eigenvalue weighted by molar-refractivity contribution is -0.122. The summed E-state index contributed by atoms with van der Waals surface area (Å²) in [4.78, 5) is 14.9. The first-order valence-electron chi connectivity index (χ1n) is 6.62. The van der Waals surface area contributed by atoms with Crippen molar-refractivity contribution in [3.05, 3.63) is 21.9 Å². The quantitative estimate of drug-likeness (QED) is 0.888. The number of carbonyl (C=O) groups is 1. The maximum absolute atomic E-state index is 12.3. The van der Waals surface area contributed by atoms with Crippen LogP contribution in [0.2, 0.25) is 0 Å². The molecule has 2 aliphatic heterocycles. The Morgan fingerprint density at radius 2 is 2.24 bits per heavy atom. The summed E-state index contributed by atoms with van der Waals surface area (Å²) >= 11 is 1.80. The normalized spacial score (nSPS) is 31.0. The molecular weight excluding hydrogens is 230 g/mol. The fraction of sp³-hybridized carbons (Fsp3) is 0.643. The number of thiophene rings is 1. The summed E-state index contributed by atoms with van der Waals surface area (Å²) in [5.41, 5.74) is 0. The molecule has 3 heteroatoms. The average molecular weight is 249 g/mol. The molecule has 1 aromatic heterocycles. The number of hydrogen-bond acceptors (Lipinski definition) is 3. The Morgan fingerprint density at radius 3 is 2.82 bits per heavy atom. The van der Waals surface area contributed by atoms with Crippen LogP contribution in [0.15, 0.2) is 12.1 Å². The fourth-order valence-electron chi connectivity index (χ4n) is 3.19. The van der Waals surface area contributed by atoms with Gasteiger partial charge in [-0.25, -0.2) is 0 Å². The van der Waals surface area contributed by atoms with Gasteiger partial charge < -0.3 is 5.32 Å². The highest BCUT2D eigenvalue weighted by Crippen LogP contribution is 2.34. The molecule has 0 aliphatic carbocycles. The molecule has 0 amide bonds. The van der Waals surface area contributed by atoms with Gasteiger partial charge in [-0.1, -0.05) is 6.92 Å². The van der Waals surface area contributed by atoms with Crippen LogP contribution in [0, 0.1) is 5.92 Å². The van der Waals surface area contributed by atoms with Crippen LogP contribution in [0.1, 0.15) is 35.9 Å². The van der Waals surface area contributed by atoms with E-state index in [9.17, 15) is 4.79 Å². The van der Waals surface area contributed by atoms with Crippen LogP contribution in [0.3, 0.4) is 0 Å². The van der Waals surface area contributed by atoms with Crippen molar-refractivity contribution < 1.29 is 4.79 Å². The van der Waals surface area contributed by atoms with Crippen molar-refractivity contribution >= 4 is 17.1 Å². The van der Waals surface area contributed by atoms with Gasteiger partial charge in [0.2, 0.25) is 0 Å². The van der Waals surface area contributed by atoms with E-state index in [1.54, 1.807) is 11.3 Å². The monoisotopic (exact) mass is 249 g/mol. The zero-order valence-electron chi connectivity index (χ0n) is 10.2. The molecule has 3 rings (SSSR count). The van der Waals surface area contributed by atoms with E-state index < -0.39 is 0 Å². The van der Waals surface area contributed by atoms with E-state index in [4.69, 9.17) is 0 Å². The Morgan fingerprint density at radius 1 is 1.41 bits per heavy atom. The standard InChI is InChI=1S/C14H19NOS/c1-2-10-4-5-11(17-10)8-14(16)12-7-9-3-6-13(12)15-9/h4-5,9,12-13,15H,2-3,6-8H2,1H3. The maximum atomic E-state index is 12.3. The van der Waals surface area contributed by atoms with Gasteiger partial charge in [-0.15, -0.1) is 11.3 Å². The van der Waals surface area contributed by atoms with Crippen molar-refractivity contribution in [1.82, 2.24) is 5.32 Å². The zero-order chi connectivity index (χ0) is 11.8. The molecule has 2 nitrogen and oxygen atoms in total. The van der Waals surface area contributed by atoms with Crippen molar-refractivity contribution in [2.24, 2.45) is 5.92 Å². The smallest absolute Gasteiger partial charge is 0.142 e. The van der Waals surface area contributed by atoms with Gasteiger partial charge in [0.15, 0.2) is 0 Å². The number of carbonyl (C=O) groups excluding carboxylic acids is 1. The summed E-state index contributed by atoms with van der Waals surface area (Å²) < 4.78 is 0. The highest BCUT2D eigenvalue weighted by Gasteiger charge is 2.42. The second kappa shape index (κ2) is 4.54. The summed E-state index contributed by atoms with van der Waals surface area (Å²) in [6, 6.07) is 5.40. The Balaban J connectivity index is 1.63. The fourth-order valence-corrected chi connectivity index (χ4v) is 4.16. The molecule has 2 bridgehead atoms. The SMILES string of the molecule is CCc1ccc(CC(=O)C2CC3CCC2N3)s1. The molecule has 0 saturated carbocycles. The van der Waals surface area contributed by atoms with E-state index in [1.165, 1.54) is 22.6 Å². The first-order valence-corrected chi connectivity index (χ1v) is 7.44. The highest BCUT2D eigenvalue weighted by molar-refractivity contribution is 7.12. The molecule has 1 aromatic rings. The minimum Gasteiger partial charge on any atom is -0.310 e. The molecule has 2 aliphatic rings. The Bertz CT molecular complexity index is 426. The van der Waals surface area contributed by atoms with Crippen molar-refractivity contribution in [2.75, 3.05) is 0 Å². The Labute approximate surface area is 106 Å². The third-order valence-corrected chi connectivity index (χ3v) is 5.36. The number of nitrogens with one attached hydrogen (secondary N) is 1. The summed E-state index contributed by atoms with van der Waals surface area (Å²) in [6.07, 6.45) is 5.28. The van der Waals surface area contributed by atoms with Crippen LogP contribution in [0.5, 0.6) is 0 Å². The Hall–Kier alpha value is -0.670. The van der Waals surface area contributed by atoms with Gasteiger partial charge in [-0.05, 0) is 37.8 Å². The molecule has 1 N–H and O–H groups in total. The third kappa shape index (κ3) is 2.18. The highest BCUT2D eigenvalue weighted by atomic mass is 32.1. The van der Waals surface area contributed by atoms with Crippen molar-refractivity contribution in [2.45, 2.75) is 51.1 Å². The van der Waals surface area contributed by atoms with Gasteiger partial charge >= 0.3 is 0 Å². The number of Topliss-reactive ketones (excluding diaryl/α,β-unsaturated/α-hetero) is 1. The summed E-state index contributed by atoms with van der Waals surface area (Å²) in [5, 5.41) is 3.54. The molecular formula is C14H19NOS. The first kappa shape index (κ1) is 11.4. The van der Waals surface area contributed by atoms with E-state index >= 15 is 0 Å². The van der Waals surface area contributed by atoms with E-state index in [2.05, 4.69) is 24.4 Å². The van der Waals surface area contributed by atoms with Gasteiger partial charge in [-0.2, -0.15) is 0 Å². The number of hydrogen-bond donors (Lipinski definition) is 1. The lowest BCUT2D eigenvalue weighted by atomic mass is 9.85. The van der Waals surface area contributed by atoms with Crippen molar-refractivity contribution in [3.63, 3.8) is 0 Å². The summed E-state index contributed by atoms with van der Waals surface area (Å²) in [6.45, 7) is 2.16. The summed E-state index contributed by atoms with van der Waals surface area (Å²) in [5.74, 6) is 0.745. The van der Waals surface area contributed by atoms with Crippen LogP contribution < -0.4 is 5.32 Å². The molecule has 3 unspecified atom stereocenters. The van der Waals surface area contributed by atoms with Gasteiger partial charge in [0.1, 0.15) is 5.78 Å². The van der Waals surface area contributed by atoms with Gasteiger partial charge in [0.05, 0.1) is 0 Å². The van der Waals surface area contributed by atoms with Crippen LogP contribution in [-0.4, -0.2) is 17.9 Å². The predicted octanol–water partition coefficient (Wildman–Crippen LogP) is 2.56. The topological polar surface area (TPSA) is 29.1 Å². The van der Waals surface area contributed by atoms with Crippen molar-refractivity contribution in [1.29, 1.82) is 0 Å². The minimum absolute atomic E-state index is 0.293. The second-order valence-electron chi connectivity index (χ2n) is 5.25. The van der Waals surface area contributed by atoms with Crippen LogP contribution in [0.25, 0.3) is 0 Å². The van der Waals surface area contributed by atoms with E-state index in [0.717, 1.165) is 12.8 Å². The first-order chi connectivity index (χ1) is 8.26. The van der Waals surface area contributed by atoms with E-state index in [-0.39, 0.29) is 0 Å². The van der Waals surface area contributed by atoms with Gasteiger partial charge in [-0.3, -0.25) is 4.79 Å². The van der Waals surface area contributed by atoms with Crippen LogP contribution in [-0.2, 0) is 17.6 Å². The third-order valence-electron chi connectivity index (χ3n) is 4.13. The molecule has 0 aromatic carbocycles. The molecule has 3 atom stereocenters. The molecule has 0 spiro atoms. The lowest BCUT2D eigenvalue weighted by Crippen LogP contribution is -2.29. The summed E-state index contributed by atoms with van der Waals surface area (Å²) in [7, 11) is 0. The molecule has 92 valence electrons. The van der Waals surface area contributed by atoms with E-state index in [1.807, 2.05) is 0 Å². The van der Waals surface area contributed by atoms with Crippen LogP contribution >= 0.6 is 11.3 Å². The van der Waals surface area contributed by atoms with Crippen LogP contribution in [0.4, 0.5) is 0 Å². The Kier molecular flexibility index (Phi) is 3.05. The maximum Gasteiger partial charge on any atom is 0.142 e. The number of aryl methyl sites for hydroxylation is 1. The van der Waals surface area contributed by atoms with Gasteiger partial charge in [0.25, 0.3) is 0 Å². The predicted molar refractivity (Wildman–Crippen MR) is 70.5 cm³/mol. The minimum atomic E-state index is 0.293. The average Bonchev–Trinajstić information content (AvgIpc) is 3.04. The number of rotatable bonds is 4. The van der Waals surface area contributed by atoms with Crippen molar-refractivity contribution in [3.8, 4) is 0 Å². The number of fused-ring (bicyclic) bond motifs is 2. The largest absolute Gasteiger partial charge is 0.310 e. The second-order valence-corrected chi connectivity index (χ2v) is 6.51. The molecule has 3 heterocycles. The molecule has 0 radical (unpaired) electrons. The molecule has 2 fully saturated rings. The molecule has 2 saturated heterocycles. The van der Waals surface area contributed by atoms with Gasteiger partial charge in [0, 0.05) is 34.2 Å². The number of ketones is 1. The van der Waals surface area contributed by atoms with E-state index in [0.29, 0.717) is 30.2 Å². The molecule has 17 heavy (non-hydrogen) atoms. The lowest BCUT2D eigenvalue weighted by Gasteiger charge is -2.18. The zero-order valence-corrected chi connectivity index (χ0v) is 11.1.